The van der Waals surface area contributed by atoms with Crippen LogP contribution in [0.3, 0.4) is 0 Å². The van der Waals surface area contributed by atoms with Gasteiger partial charge in [0.05, 0.1) is 6.10 Å². The maximum atomic E-state index is 11.9. The zero-order chi connectivity index (χ0) is 18.4. The summed E-state index contributed by atoms with van der Waals surface area (Å²) in [7, 11) is 0. The Morgan fingerprint density at radius 1 is 1.15 bits per heavy atom. The van der Waals surface area contributed by atoms with Crippen molar-refractivity contribution in [1.29, 1.82) is 0 Å². The van der Waals surface area contributed by atoms with Crippen molar-refractivity contribution in [1.82, 2.24) is 10.2 Å². The van der Waals surface area contributed by atoms with E-state index in [1.807, 2.05) is 49.4 Å². The molecule has 0 saturated heterocycles. The second-order valence-electron chi connectivity index (χ2n) is 6.70. The number of hydrogen-bond acceptors (Lipinski definition) is 4. The van der Waals surface area contributed by atoms with E-state index in [4.69, 9.17) is 5.73 Å². The summed E-state index contributed by atoms with van der Waals surface area (Å²) in [6.07, 6.45) is 0.00413. The van der Waals surface area contributed by atoms with Crippen LogP contribution in [0.15, 0.2) is 42.5 Å². The normalized spacial score (nSPS) is 13.2. The molecule has 1 amide bonds. The maximum absolute atomic E-state index is 11.9. The fraction of sp³-hybridized carbons (Fsp3) is 0.190. The number of rotatable bonds is 3. The number of fused-ring (bicyclic) bond motifs is 3. The van der Waals surface area contributed by atoms with Crippen molar-refractivity contribution in [3.05, 3.63) is 70.4 Å². The molecule has 1 aromatic heterocycles. The monoisotopic (exact) mass is 345 g/mol. The highest BCUT2D eigenvalue weighted by molar-refractivity contribution is 5.99. The molecule has 5 heteroatoms. The number of benzene rings is 2. The molecule has 1 aliphatic rings. The number of primary amides is 1. The number of aliphatic hydroxyl groups is 1. The summed E-state index contributed by atoms with van der Waals surface area (Å²) in [5.74, 6) is -0.575. The fourth-order valence-corrected chi connectivity index (χ4v) is 3.61. The first-order chi connectivity index (χ1) is 12.5. The molecule has 2 aromatic carbocycles. The molecule has 0 fully saturated rings. The quantitative estimate of drug-likeness (QED) is 0.597. The van der Waals surface area contributed by atoms with Gasteiger partial charge in [-0.3, -0.25) is 4.79 Å². The van der Waals surface area contributed by atoms with E-state index in [0.717, 1.165) is 44.6 Å². The summed E-state index contributed by atoms with van der Waals surface area (Å²) >= 11 is 0. The Balaban J connectivity index is 2.00. The SMILES string of the molecule is Cc1ccccc1-c1nnc(C(N)=O)c2c1-c1ccc(C(C)O)cc1C2. The molecular weight excluding hydrogens is 326 g/mol. The van der Waals surface area contributed by atoms with Crippen LogP contribution in [0.2, 0.25) is 0 Å². The van der Waals surface area contributed by atoms with Crippen molar-refractivity contribution in [3.63, 3.8) is 0 Å². The molecule has 3 aromatic rings. The highest BCUT2D eigenvalue weighted by Gasteiger charge is 2.29. The van der Waals surface area contributed by atoms with Crippen LogP contribution in [-0.2, 0) is 6.42 Å². The van der Waals surface area contributed by atoms with Crippen molar-refractivity contribution in [2.75, 3.05) is 0 Å². The molecule has 26 heavy (non-hydrogen) atoms. The van der Waals surface area contributed by atoms with Gasteiger partial charge in [0.25, 0.3) is 5.91 Å². The summed E-state index contributed by atoms with van der Waals surface area (Å²) in [5, 5.41) is 18.4. The molecule has 5 nitrogen and oxygen atoms in total. The Morgan fingerprint density at radius 2 is 1.92 bits per heavy atom. The molecule has 1 aliphatic carbocycles. The van der Waals surface area contributed by atoms with Crippen LogP contribution in [0.1, 0.15) is 45.8 Å². The smallest absolute Gasteiger partial charge is 0.269 e. The average molecular weight is 345 g/mol. The molecule has 1 unspecified atom stereocenters. The molecule has 0 saturated carbocycles. The zero-order valence-electron chi connectivity index (χ0n) is 14.7. The first-order valence-electron chi connectivity index (χ1n) is 8.54. The standard InChI is InChI=1S/C21H19N3O2/c1-11-5-3-4-6-15(11)19-18-16-8-7-13(12(2)25)9-14(16)10-17(18)20(21(22)26)24-23-19/h3-9,12,25H,10H2,1-2H3,(H2,22,26). The Hall–Kier alpha value is -3.05. The van der Waals surface area contributed by atoms with Crippen LogP contribution >= 0.6 is 0 Å². The summed E-state index contributed by atoms with van der Waals surface area (Å²) < 4.78 is 0. The molecule has 3 N–H and O–H groups in total. The topological polar surface area (TPSA) is 89.1 Å². The molecule has 130 valence electrons. The van der Waals surface area contributed by atoms with Gasteiger partial charge in [-0.1, -0.05) is 42.5 Å². The number of nitrogens with two attached hydrogens (primary N) is 1. The third-order valence-corrected chi connectivity index (χ3v) is 4.96. The van der Waals surface area contributed by atoms with Gasteiger partial charge in [0, 0.05) is 17.5 Å². The van der Waals surface area contributed by atoms with Gasteiger partial charge in [-0.2, -0.15) is 0 Å². The van der Waals surface area contributed by atoms with Crippen LogP contribution in [0, 0.1) is 6.92 Å². The second kappa shape index (κ2) is 6.04. The van der Waals surface area contributed by atoms with Crippen molar-refractivity contribution in [2.45, 2.75) is 26.4 Å². The van der Waals surface area contributed by atoms with E-state index in [-0.39, 0.29) is 5.69 Å². The Labute approximate surface area is 151 Å². The second-order valence-corrected chi connectivity index (χ2v) is 6.70. The van der Waals surface area contributed by atoms with Gasteiger partial charge in [-0.25, -0.2) is 0 Å². The fourth-order valence-electron chi connectivity index (χ4n) is 3.61. The van der Waals surface area contributed by atoms with Crippen LogP contribution in [0.4, 0.5) is 0 Å². The van der Waals surface area contributed by atoms with Crippen LogP contribution in [-0.4, -0.2) is 21.2 Å². The first-order valence-corrected chi connectivity index (χ1v) is 8.54. The lowest BCUT2D eigenvalue weighted by Crippen LogP contribution is -2.17. The maximum Gasteiger partial charge on any atom is 0.269 e. The van der Waals surface area contributed by atoms with Crippen LogP contribution < -0.4 is 5.73 Å². The number of carbonyl (C=O) groups excluding carboxylic acids is 1. The van der Waals surface area contributed by atoms with Crippen molar-refractivity contribution >= 4 is 5.91 Å². The van der Waals surface area contributed by atoms with E-state index >= 15 is 0 Å². The highest BCUT2D eigenvalue weighted by Crippen LogP contribution is 2.44. The van der Waals surface area contributed by atoms with E-state index in [0.29, 0.717) is 6.42 Å². The van der Waals surface area contributed by atoms with Gasteiger partial charge in [-0.05, 0) is 41.7 Å². The molecule has 0 aliphatic heterocycles. The van der Waals surface area contributed by atoms with Crippen LogP contribution in [0.25, 0.3) is 22.4 Å². The predicted molar refractivity (Wildman–Crippen MR) is 99.6 cm³/mol. The minimum atomic E-state index is -0.575. The molecule has 0 bridgehead atoms. The molecule has 1 atom stereocenters. The average Bonchev–Trinajstić information content (AvgIpc) is 2.99. The molecule has 1 heterocycles. The lowest BCUT2D eigenvalue weighted by molar-refractivity contribution is 0.0994. The Morgan fingerprint density at radius 3 is 2.62 bits per heavy atom. The number of carbonyl (C=O) groups is 1. The number of aryl methyl sites for hydroxylation is 1. The summed E-state index contributed by atoms with van der Waals surface area (Å²) in [5.41, 5.74) is 13.2. The molecule has 0 radical (unpaired) electrons. The Kier molecular flexibility index (Phi) is 3.81. The van der Waals surface area contributed by atoms with E-state index in [1.54, 1.807) is 6.92 Å². The third-order valence-electron chi connectivity index (χ3n) is 4.96. The van der Waals surface area contributed by atoms with Gasteiger partial charge in [0.2, 0.25) is 0 Å². The van der Waals surface area contributed by atoms with Gasteiger partial charge < -0.3 is 10.8 Å². The summed E-state index contributed by atoms with van der Waals surface area (Å²) in [6, 6.07) is 13.8. The molecule has 4 rings (SSSR count). The number of amides is 1. The number of aromatic nitrogens is 2. The molecule has 0 spiro atoms. The van der Waals surface area contributed by atoms with Gasteiger partial charge in [0.1, 0.15) is 5.69 Å². The minimum Gasteiger partial charge on any atom is -0.389 e. The first kappa shape index (κ1) is 16.4. The van der Waals surface area contributed by atoms with E-state index in [9.17, 15) is 9.90 Å². The predicted octanol–water partition coefficient (Wildman–Crippen LogP) is 3.18. The highest BCUT2D eigenvalue weighted by atomic mass is 16.3. The van der Waals surface area contributed by atoms with Gasteiger partial charge in [-0.15, -0.1) is 10.2 Å². The lowest BCUT2D eigenvalue weighted by atomic mass is 9.95. The minimum absolute atomic E-state index is 0.215. The van der Waals surface area contributed by atoms with E-state index < -0.39 is 12.0 Å². The van der Waals surface area contributed by atoms with E-state index in [1.165, 1.54) is 0 Å². The van der Waals surface area contributed by atoms with Gasteiger partial charge >= 0.3 is 0 Å². The van der Waals surface area contributed by atoms with Crippen molar-refractivity contribution < 1.29 is 9.90 Å². The summed E-state index contributed by atoms with van der Waals surface area (Å²) in [6.45, 7) is 3.76. The lowest BCUT2D eigenvalue weighted by Gasteiger charge is -2.12. The van der Waals surface area contributed by atoms with E-state index in [2.05, 4.69) is 10.2 Å². The third kappa shape index (κ3) is 2.48. The van der Waals surface area contributed by atoms with Crippen LogP contribution in [0.5, 0.6) is 0 Å². The zero-order valence-corrected chi connectivity index (χ0v) is 14.7. The van der Waals surface area contributed by atoms with Crippen molar-refractivity contribution in [2.24, 2.45) is 5.73 Å². The number of nitrogens with zero attached hydrogens (tertiary/aromatic N) is 2. The number of hydrogen-bond donors (Lipinski definition) is 2. The van der Waals surface area contributed by atoms with Crippen molar-refractivity contribution in [3.8, 4) is 22.4 Å². The molecular formula is C21H19N3O2. The van der Waals surface area contributed by atoms with Gasteiger partial charge in [0.15, 0.2) is 5.69 Å². The summed E-state index contributed by atoms with van der Waals surface area (Å²) in [4.78, 5) is 11.9. The Bertz CT molecular complexity index is 1040. The number of aliphatic hydroxyl groups excluding tert-OH is 1. The largest absolute Gasteiger partial charge is 0.389 e.